The van der Waals surface area contributed by atoms with Gasteiger partial charge in [0.25, 0.3) is 5.91 Å². The van der Waals surface area contributed by atoms with Gasteiger partial charge >= 0.3 is 0 Å². The van der Waals surface area contributed by atoms with Crippen LogP contribution in [0.15, 0.2) is 73.1 Å². The normalized spacial score (nSPS) is 11.7. The third-order valence-electron chi connectivity index (χ3n) is 5.17. The number of halogens is 1. The van der Waals surface area contributed by atoms with Crippen LogP contribution in [-0.2, 0) is 13.0 Å². The monoisotopic (exact) mass is 461 g/mol. The first kappa shape index (κ1) is 22.6. The molecule has 0 bridgehead atoms. The summed E-state index contributed by atoms with van der Waals surface area (Å²) in [6.07, 6.45) is 4.07. The van der Waals surface area contributed by atoms with Gasteiger partial charge in [-0.3, -0.25) is 9.78 Å². The van der Waals surface area contributed by atoms with Gasteiger partial charge in [-0.1, -0.05) is 30.3 Å². The van der Waals surface area contributed by atoms with E-state index in [2.05, 4.69) is 15.3 Å². The van der Waals surface area contributed by atoms with Crippen molar-refractivity contribution >= 4 is 17.2 Å². The molecular weight excluding hydrogens is 437 g/mol. The fourth-order valence-electron chi connectivity index (χ4n) is 3.36. The van der Waals surface area contributed by atoms with E-state index in [0.717, 1.165) is 27.4 Å². The van der Waals surface area contributed by atoms with Crippen molar-refractivity contribution in [2.45, 2.75) is 32.9 Å². The van der Waals surface area contributed by atoms with Crippen molar-refractivity contribution in [3.63, 3.8) is 0 Å². The highest BCUT2D eigenvalue weighted by Gasteiger charge is 2.18. The van der Waals surface area contributed by atoms with E-state index >= 15 is 0 Å². The SMILES string of the molecule is Cc1nc(Cc2ccc(F)cc2)sc1C(=O)NC(C)c1ccc(OCc2cccnc2)cc1. The molecule has 0 radical (unpaired) electrons. The molecule has 1 atom stereocenters. The minimum absolute atomic E-state index is 0.153. The number of ether oxygens (including phenoxy) is 1. The molecule has 5 nitrogen and oxygen atoms in total. The second kappa shape index (κ2) is 10.4. The number of aryl methyl sites for hydroxylation is 1. The highest BCUT2D eigenvalue weighted by Crippen LogP contribution is 2.23. The first-order valence-electron chi connectivity index (χ1n) is 10.6. The number of carbonyl (C=O) groups excluding carboxylic acids is 1. The number of carbonyl (C=O) groups is 1. The Morgan fingerprint density at radius 3 is 2.55 bits per heavy atom. The van der Waals surface area contributed by atoms with E-state index in [1.807, 2.05) is 50.2 Å². The molecule has 1 amide bonds. The predicted octanol–water partition coefficient (Wildman–Crippen LogP) is 5.65. The van der Waals surface area contributed by atoms with Crippen LogP contribution in [0.4, 0.5) is 4.39 Å². The summed E-state index contributed by atoms with van der Waals surface area (Å²) >= 11 is 1.37. The van der Waals surface area contributed by atoms with Crippen LogP contribution in [0.5, 0.6) is 5.75 Å². The van der Waals surface area contributed by atoms with Crippen molar-refractivity contribution in [1.29, 1.82) is 0 Å². The van der Waals surface area contributed by atoms with Crippen LogP contribution < -0.4 is 10.1 Å². The summed E-state index contributed by atoms with van der Waals surface area (Å²) < 4.78 is 18.9. The van der Waals surface area contributed by atoms with E-state index < -0.39 is 0 Å². The maximum absolute atomic E-state index is 13.1. The summed E-state index contributed by atoms with van der Waals surface area (Å²) in [7, 11) is 0. The molecule has 0 aliphatic rings. The molecule has 0 saturated carbocycles. The predicted molar refractivity (Wildman–Crippen MR) is 127 cm³/mol. The lowest BCUT2D eigenvalue weighted by molar-refractivity contribution is 0.0943. The van der Waals surface area contributed by atoms with Gasteiger partial charge in [-0.25, -0.2) is 9.37 Å². The second-order valence-electron chi connectivity index (χ2n) is 7.74. The van der Waals surface area contributed by atoms with Crippen molar-refractivity contribution < 1.29 is 13.9 Å². The summed E-state index contributed by atoms with van der Waals surface area (Å²) in [6.45, 7) is 4.22. The van der Waals surface area contributed by atoms with Crippen molar-refractivity contribution in [3.8, 4) is 5.75 Å². The van der Waals surface area contributed by atoms with Crippen molar-refractivity contribution in [2.24, 2.45) is 0 Å². The largest absolute Gasteiger partial charge is 0.489 e. The number of aromatic nitrogens is 2. The van der Waals surface area contributed by atoms with Crippen LogP contribution in [0.25, 0.3) is 0 Å². The average molecular weight is 462 g/mol. The number of pyridine rings is 1. The lowest BCUT2D eigenvalue weighted by Gasteiger charge is -2.15. The number of amides is 1. The zero-order valence-corrected chi connectivity index (χ0v) is 19.2. The zero-order chi connectivity index (χ0) is 23.2. The number of rotatable bonds is 8. The Morgan fingerprint density at radius 2 is 1.85 bits per heavy atom. The number of thiazole rings is 1. The lowest BCUT2D eigenvalue weighted by atomic mass is 10.1. The quantitative estimate of drug-likeness (QED) is 0.368. The van der Waals surface area contributed by atoms with Gasteiger partial charge in [0.2, 0.25) is 0 Å². The van der Waals surface area contributed by atoms with Crippen LogP contribution in [0.1, 0.15) is 50.0 Å². The highest BCUT2D eigenvalue weighted by atomic mass is 32.1. The molecule has 1 N–H and O–H groups in total. The van der Waals surface area contributed by atoms with Crippen molar-refractivity contribution in [2.75, 3.05) is 0 Å². The number of hydrogen-bond acceptors (Lipinski definition) is 5. The van der Waals surface area contributed by atoms with Gasteiger partial charge < -0.3 is 10.1 Å². The smallest absolute Gasteiger partial charge is 0.263 e. The van der Waals surface area contributed by atoms with E-state index in [4.69, 9.17) is 4.74 Å². The zero-order valence-electron chi connectivity index (χ0n) is 18.4. The van der Waals surface area contributed by atoms with E-state index in [0.29, 0.717) is 23.6 Å². The number of benzene rings is 2. The fraction of sp³-hybridized carbons (Fsp3) is 0.192. The highest BCUT2D eigenvalue weighted by molar-refractivity contribution is 7.13. The molecule has 33 heavy (non-hydrogen) atoms. The van der Waals surface area contributed by atoms with Crippen LogP contribution in [0.2, 0.25) is 0 Å². The molecule has 168 valence electrons. The third kappa shape index (κ3) is 6.02. The number of hydrogen-bond donors (Lipinski definition) is 1. The molecule has 2 aromatic carbocycles. The second-order valence-corrected chi connectivity index (χ2v) is 8.82. The van der Waals surface area contributed by atoms with E-state index in [9.17, 15) is 9.18 Å². The molecule has 4 rings (SSSR count). The molecule has 0 fully saturated rings. The number of nitrogens with one attached hydrogen (secondary N) is 1. The van der Waals surface area contributed by atoms with E-state index in [-0.39, 0.29) is 17.8 Å². The molecule has 1 unspecified atom stereocenters. The van der Waals surface area contributed by atoms with Gasteiger partial charge in [-0.15, -0.1) is 11.3 Å². The summed E-state index contributed by atoms with van der Waals surface area (Å²) in [6, 6.07) is 17.7. The van der Waals surface area contributed by atoms with Crippen LogP contribution in [0.3, 0.4) is 0 Å². The molecule has 2 heterocycles. The molecule has 0 aliphatic carbocycles. The third-order valence-corrected chi connectivity index (χ3v) is 6.33. The summed E-state index contributed by atoms with van der Waals surface area (Å²) in [5, 5.41) is 3.87. The van der Waals surface area contributed by atoms with Gasteiger partial charge in [-0.2, -0.15) is 0 Å². The molecule has 0 aliphatic heterocycles. The Morgan fingerprint density at radius 1 is 1.09 bits per heavy atom. The van der Waals surface area contributed by atoms with Gasteiger partial charge in [0.1, 0.15) is 23.1 Å². The molecule has 0 saturated heterocycles. The van der Waals surface area contributed by atoms with Gasteiger partial charge in [0, 0.05) is 24.4 Å². The van der Waals surface area contributed by atoms with Crippen LogP contribution in [-0.4, -0.2) is 15.9 Å². The summed E-state index contributed by atoms with van der Waals surface area (Å²) in [5.41, 5.74) is 3.63. The molecule has 7 heteroatoms. The minimum Gasteiger partial charge on any atom is -0.489 e. The fourth-order valence-corrected chi connectivity index (χ4v) is 4.37. The molecule has 4 aromatic rings. The number of nitrogens with zero attached hydrogens (tertiary/aromatic N) is 2. The molecular formula is C26H24FN3O2S. The maximum atomic E-state index is 13.1. The van der Waals surface area contributed by atoms with Crippen LogP contribution in [0, 0.1) is 12.7 Å². The Kier molecular flexibility index (Phi) is 7.10. The molecule has 2 aromatic heterocycles. The van der Waals surface area contributed by atoms with Gasteiger partial charge in [0.05, 0.1) is 16.7 Å². The topological polar surface area (TPSA) is 64.1 Å². The maximum Gasteiger partial charge on any atom is 0.263 e. The summed E-state index contributed by atoms with van der Waals surface area (Å²) in [4.78, 5) is 22.1. The summed E-state index contributed by atoms with van der Waals surface area (Å²) in [5.74, 6) is 0.334. The van der Waals surface area contributed by atoms with Crippen molar-refractivity contribution in [3.05, 3.63) is 111 Å². The Bertz CT molecular complexity index is 1210. The minimum atomic E-state index is -0.267. The lowest BCUT2D eigenvalue weighted by Crippen LogP contribution is -2.26. The first-order valence-corrected chi connectivity index (χ1v) is 11.4. The molecule has 0 spiro atoms. The Hall–Kier alpha value is -3.58. The van der Waals surface area contributed by atoms with E-state index in [1.165, 1.54) is 23.5 Å². The average Bonchev–Trinajstić information content (AvgIpc) is 3.20. The van der Waals surface area contributed by atoms with E-state index in [1.54, 1.807) is 24.5 Å². The van der Waals surface area contributed by atoms with Crippen LogP contribution >= 0.6 is 11.3 Å². The Labute approximate surface area is 196 Å². The Balaban J connectivity index is 1.35. The van der Waals surface area contributed by atoms with Crippen molar-refractivity contribution in [1.82, 2.24) is 15.3 Å². The standard InChI is InChI=1S/C26H24FN3O2S/c1-17(21-7-11-23(12-8-21)32-16-20-4-3-13-28-15-20)30-26(31)25-18(2)29-24(33-25)14-19-5-9-22(27)10-6-19/h3-13,15,17H,14,16H2,1-2H3,(H,30,31). The first-order chi connectivity index (χ1) is 16.0. The van der Waals surface area contributed by atoms with Gasteiger partial charge in [0.15, 0.2) is 0 Å². The van der Waals surface area contributed by atoms with Gasteiger partial charge in [-0.05, 0) is 55.3 Å².